The minimum atomic E-state index is -1.01. The number of anilines is 1. The zero-order valence-electron chi connectivity index (χ0n) is 17.2. The summed E-state index contributed by atoms with van der Waals surface area (Å²) in [5.74, 6) is -0.448. The van der Waals surface area contributed by atoms with Crippen molar-refractivity contribution >= 4 is 17.7 Å². The van der Waals surface area contributed by atoms with Crippen molar-refractivity contribution < 1.29 is 24.5 Å². The predicted octanol–water partition coefficient (Wildman–Crippen LogP) is 4.14. The summed E-state index contributed by atoms with van der Waals surface area (Å²) in [6.45, 7) is 1.88. The number of aryl methyl sites for hydroxylation is 1. The van der Waals surface area contributed by atoms with E-state index >= 15 is 0 Å². The van der Waals surface area contributed by atoms with Crippen LogP contribution in [0.2, 0.25) is 0 Å². The van der Waals surface area contributed by atoms with E-state index in [-0.39, 0.29) is 17.2 Å². The molecular formula is C24H22N2O5. The number of hydrogen-bond donors (Lipinski definition) is 3. The van der Waals surface area contributed by atoms with Gasteiger partial charge in [-0.3, -0.25) is 4.79 Å². The highest BCUT2D eigenvalue weighted by Gasteiger charge is 2.51. The van der Waals surface area contributed by atoms with Crippen molar-refractivity contribution in [2.24, 2.45) is 0 Å². The minimum absolute atomic E-state index is 0.0240. The molecule has 158 valence electrons. The Kier molecular flexibility index (Phi) is 5.10. The van der Waals surface area contributed by atoms with E-state index in [1.165, 1.54) is 19.2 Å². The monoisotopic (exact) mass is 418 g/mol. The van der Waals surface area contributed by atoms with Crippen LogP contribution >= 0.6 is 0 Å². The highest BCUT2D eigenvalue weighted by Crippen LogP contribution is 2.50. The lowest BCUT2D eigenvalue weighted by Gasteiger charge is -2.17. The third kappa shape index (κ3) is 3.82. The Bertz CT molecular complexity index is 1180. The first-order chi connectivity index (χ1) is 14.8. The highest BCUT2D eigenvalue weighted by atomic mass is 16.5. The maximum absolute atomic E-state index is 13.1. The van der Waals surface area contributed by atoms with Crippen LogP contribution < -0.4 is 10.1 Å². The number of hydrogen-bond acceptors (Lipinski definition) is 5. The molecule has 1 fully saturated rings. The summed E-state index contributed by atoms with van der Waals surface area (Å²) in [7, 11) is 1.47. The summed E-state index contributed by atoms with van der Waals surface area (Å²) >= 11 is 0. The Balaban J connectivity index is 1.62. The number of phenolic OH excluding ortho intramolecular Hbond substituents is 1. The number of ether oxygens (including phenoxy) is 1. The number of carboxylic acid groups (broad SMARTS) is 1. The second-order valence-electron chi connectivity index (χ2n) is 7.67. The summed E-state index contributed by atoms with van der Waals surface area (Å²) in [5.41, 5.74) is 2.41. The molecule has 1 saturated carbocycles. The van der Waals surface area contributed by atoms with Crippen molar-refractivity contribution in [1.82, 2.24) is 4.98 Å². The lowest BCUT2D eigenvalue weighted by atomic mass is 9.94. The van der Waals surface area contributed by atoms with Crippen molar-refractivity contribution in [3.8, 4) is 22.8 Å². The van der Waals surface area contributed by atoms with Crippen LogP contribution in [0.3, 0.4) is 0 Å². The number of benzene rings is 2. The average molecular weight is 418 g/mol. The molecule has 1 aliphatic rings. The maximum atomic E-state index is 13.1. The second-order valence-corrected chi connectivity index (χ2v) is 7.67. The van der Waals surface area contributed by atoms with Gasteiger partial charge in [0.15, 0.2) is 11.5 Å². The fourth-order valence-electron chi connectivity index (χ4n) is 3.67. The summed E-state index contributed by atoms with van der Waals surface area (Å²) in [6, 6.07) is 15.1. The van der Waals surface area contributed by atoms with Gasteiger partial charge in [0.1, 0.15) is 5.82 Å². The van der Waals surface area contributed by atoms with Crippen molar-refractivity contribution in [1.29, 1.82) is 0 Å². The molecule has 2 aromatic carbocycles. The molecule has 4 rings (SSSR count). The number of methoxy groups -OCH3 is 1. The van der Waals surface area contributed by atoms with E-state index in [0.29, 0.717) is 35.7 Å². The van der Waals surface area contributed by atoms with Crippen molar-refractivity contribution in [2.45, 2.75) is 25.2 Å². The van der Waals surface area contributed by atoms with Gasteiger partial charge in [-0.05, 0) is 61.2 Å². The second kappa shape index (κ2) is 7.75. The van der Waals surface area contributed by atoms with Crippen molar-refractivity contribution in [2.75, 3.05) is 12.4 Å². The number of phenols is 1. The number of carbonyl (C=O) groups is 2. The Morgan fingerprint density at radius 3 is 2.55 bits per heavy atom. The van der Waals surface area contributed by atoms with Crippen LogP contribution in [-0.4, -0.2) is 34.2 Å². The zero-order chi connectivity index (χ0) is 22.2. The number of nitrogens with one attached hydrogen (secondary N) is 1. The molecule has 7 nitrogen and oxygen atoms in total. The fraction of sp³-hybridized carbons (Fsp3) is 0.208. The van der Waals surface area contributed by atoms with Gasteiger partial charge in [-0.25, -0.2) is 9.78 Å². The molecule has 0 aliphatic heterocycles. The molecule has 1 heterocycles. The SMILES string of the molecule is COc1cc(C2(C(=O)Nc3ccc(C)c(-c4cccc(C(=O)O)c4)n3)CC2)ccc1O. The van der Waals surface area contributed by atoms with Crippen LogP contribution in [0.25, 0.3) is 11.3 Å². The van der Waals surface area contributed by atoms with E-state index < -0.39 is 11.4 Å². The number of nitrogens with zero attached hydrogens (tertiary/aromatic N) is 1. The van der Waals surface area contributed by atoms with E-state index in [4.69, 9.17) is 4.74 Å². The van der Waals surface area contributed by atoms with Crippen LogP contribution in [0.15, 0.2) is 54.6 Å². The molecule has 7 heteroatoms. The lowest BCUT2D eigenvalue weighted by Crippen LogP contribution is -2.28. The Hall–Kier alpha value is -3.87. The van der Waals surface area contributed by atoms with Gasteiger partial charge in [0.25, 0.3) is 0 Å². The Morgan fingerprint density at radius 2 is 1.87 bits per heavy atom. The van der Waals surface area contributed by atoms with E-state index in [1.807, 2.05) is 13.0 Å². The molecule has 1 aliphatic carbocycles. The quantitative estimate of drug-likeness (QED) is 0.555. The largest absolute Gasteiger partial charge is 0.504 e. The number of aromatic hydroxyl groups is 1. The maximum Gasteiger partial charge on any atom is 0.335 e. The van der Waals surface area contributed by atoms with E-state index in [0.717, 1.165) is 11.1 Å². The first-order valence-corrected chi connectivity index (χ1v) is 9.84. The molecule has 1 aromatic heterocycles. The van der Waals surface area contributed by atoms with E-state index in [9.17, 15) is 19.8 Å². The van der Waals surface area contributed by atoms with Gasteiger partial charge in [-0.2, -0.15) is 0 Å². The van der Waals surface area contributed by atoms with Crippen LogP contribution in [0.1, 0.15) is 34.3 Å². The van der Waals surface area contributed by atoms with E-state index in [2.05, 4.69) is 10.3 Å². The first-order valence-electron chi connectivity index (χ1n) is 9.84. The molecule has 3 aromatic rings. The van der Waals surface area contributed by atoms with Gasteiger partial charge in [0.2, 0.25) is 5.91 Å². The number of carbonyl (C=O) groups excluding carboxylic acids is 1. The molecule has 0 radical (unpaired) electrons. The van der Waals surface area contributed by atoms with Crippen LogP contribution in [-0.2, 0) is 10.2 Å². The molecule has 0 atom stereocenters. The van der Waals surface area contributed by atoms with Gasteiger partial charge in [-0.15, -0.1) is 0 Å². The highest BCUT2D eigenvalue weighted by molar-refractivity contribution is 6.01. The summed E-state index contributed by atoms with van der Waals surface area (Å²) in [5, 5.41) is 22.0. The van der Waals surface area contributed by atoms with Gasteiger partial charge >= 0.3 is 5.97 Å². The summed E-state index contributed by atoms with van der Waals surface area (Å²) < 4.78 is 5.18. The zero-order valence-corrected chi connectivity index (χ0v) is 17.2. The fourth-order valence-corrected chi connectivity index (χ4v) is 3.67. The first kappa shape index (κ1) is 20.4. The van der Waals surface area contributed by atoms with Crippen molar-refractivity contribution in [3.63, 3.8) is 0 Å². The van der Waals surface area contributed by atoms with Crippen LogP contribution in [0.4, 0.5) is 5.82 Å². The van der Waals surface area contributed by atoms with Crippen LogP contribution in [0.5, 0.6) is 11.5 Å². The number of amides is 1. The topological polar surface area (TPSA) is 109 Å². The molecule has 0 saturated heterocycles. The smallest absolute Gasteiger partial charge is 0.335 e. The molecule has 3 N–H and O–H groups in total. The molecular weight excluding hydrogens is 396 g/mol. The summed E-state index contributed by atoms with van der Waals surface area (Å²) in [6.07, 6.45) is 1.37. The standard InChI is InChI=1S/C24H22N2O5/c1-14-6-9-20(25-21(14)15-4-3-5-16(12-15)22(28)29)26-23(30)24(10-11-24)17-7-8-18(27)19(13-17)31-2/h3-9,12-13,27H,10-11H2,1-2H3,(H,28,29)(H,25,26,30). The molecule has 0 unspecified atom stereocenters. The van der Waals surface area contributed by atoms with Gasteiger partial charge < -0.3 is 20.3 Å². The predicted molar refractivity (Wildman–Crippen MR) is 116 cm³/mol. The molecule has 0 spiro atoms. The average Bonchev–Trinajstić information content (AvgIpc) is 3.57. The number of rotatable bonds is 6. The Morgan fingerprint density at radius 1 is 1.10 bits per heavy atom. The number of aromatic nitrogens is 1. The van der Waals surface area contributed by atoms with Gasteiger partial charge in [-0.1, -0.05) is 24.3 Å². The molecule has 0 bridgehead atoms. The van der Waals surface area contributed by atoms with Crippen LogP contribution in [0, 0.1) is 6.92 Å². The molecule has 1 amide bonds. The third-order valence-electron chi connectivity index (χ3n) is 5.64. The van der Waals surface area contributed by atoms with Gasteiger partial charge in [0.05, 0.1) is 23.8 Å². The lowest BCUT2D eigenvalue weighted by molar-refractivity contribution is -0.118. The van der Waals surface area contributed by atoms with E-state index in [1.54, 1.807) is 36.4 Å². The summed E-state index contributed by atoms with van der Waals surface area (Å²) in [4.78, 5) is 29.0. The number of aromatic carboxylic acids is 1. The third-order valence-corrected chi connectivity index (χ3v) is 5.64. The van der Waals surface area contributed by atoms with Crippen molar-refractivity contribution in [3.05, 3.63) is 71.3 Å². The normalized spacial score (nSPS) is 14.0. The van der Waals surface area contributed by atoms with Gasteiger partial charge in [0, 0.05) is 5.56 Å². The Labute approximate surface area is 179 Å². The number of pyridine rings is 1. The number of carboxylic acids is 1. The molecule has 31 heavy (non-hydrogen) atoms. The minimum Gasteiger partial charge on any atom is -0.504 e.